The van der Waals surface area contributed by atoms with Crippen LogP contribution >= 0.6 is 0 Å². The number of pyridine rings is 1. The third kappa shape index (κ3) is 3.29. The molecule has 4 nitrogen and oxygen atoms in total. The molecule has 0 bridgehead atoms. The third-order valence-corrected chi connectivity index (χ3v) is 3.49. The summed E-state index contributed by atoms with van der Waals surface area (Å²) in [6, 6.07) is 15.9. The fourth-order valence-corrected chi connectivity index (χ4v) is 2.35. The maximum Gasteiger partial charge on any atom is 0.325 e. The zero-order valence-electron chi connectivity index (χ0n) is 12.5. The highest BCUT2D eigenvalue weighted by Gasteiger charge is 2.10. The molecule has 1 N–H and O–H groups in total. The number of methoxy groups -OCH3 is 1. The van der Waals surface area contributed by atoms with Gasteiger partial charge in [0.15, 0.2) is 0 Å². The van der Waals surface area contributed by atoms with Crippen molar-refractivity contribution < 1.29 is 13.9 Å². The first kappa shape index (κ1) is 15.0. The molecule has 116 valence electrons. The molecule has 0 saturated carbocycles. The van der Waals surface area contributed by atoms with Gasteiger partial charge in [-0.05, 0) is 29.7 Å². The zero-order chi connectivity index (χ0) is 16.2. The Morgan fingerprint density at radius 2 is 1.96 bits per heavy atom. The van der Waals surface area contributed by atoms with Gasteiger partial charge in [-0.1, -0.05) is 30.3 Å². The molecule has 0 spiro atoms. The van der Waals surface area contributed by atoms with Crippen LogP contribution in [0.2, 0.25) is 0 Å². The normalized spacial score (nSPS) is 10.5. The Hall–Kier alpha value is -2.95. The van der Waals surface area contributed by atoms with Crippen molar-refractivity contribution in [3.05, 3.63) is 60.4 Å². The number of fused-ring (bicyclic) bond motifs is 1. The van der Waals surface area contributed by atoms with Crippen LogP contribution in [0.1, 0.15) is 0 Å². The van der Waals surface area contributed by atoms with Crippen molar-refractivity contribution in [3.63, 3.8) is 0 Å². The van der Waals surface area contributed by atoms with E-state index in [0.29, 0.717) is 16.9 Å². The minimum absolute atomic E-state index is 0.00573. The van der Waals surface area contributed by atoms with Crippen LogP contribution in [0.15, 0.2) is 54.6 Å². The molecule has 0 unspecified atom stereocenters. The number of nitrogens with zero attached hydrogens (tertiary/aromatic N) is 1. The summed E-state index contributed by atoms with van der Waals surface area (Å²) in [7, 11) is 1.32. The molecule has 0 aliphatic rings. The number of carbonyl (C=O) groups is 1. The predicted octanol–water partition coefficient (Wildman–Crippen LogP) is 3.63. The fraction of sp³-hybridized carbons (Fsp3) is 0.111. The first-order valence-corrected chi connectivity index (χ1v) is 7.14. The van der Waals surface area contributed by atoms with Crippen LogP contribution in [0, 0.1) is 5.82 Å². The minimum atomic E-state index is -0.396. The second-order valence-corrected chi connectivity index (χ2v) is 5.02. The second-order valence-electron chi connectivity index (χ2n) is 5.02. The average molecular weight is 310 g/mol. The molecule has 5 heteroatoms. The Kier molecular flexibility index (Phi) is 4.19. The van der Waals surface area contributed by atoms with Crippen LogP contribution < -0.4 is 5.32 Å². The van der Waals surface area contributed by atoms with Crippen molar-refractivity contribution in [1.29, 1.82) is 0 Å². The average Bonchev–Trinajstić information content (AvgIpc) is 2.59. The van der Waals surface area contributed by atoms with Gasteiger partial charge in [-0.2, -0.15) is 0 Å². The maximum absolute atomic E-state index is 13.6. The predicted molar refractivity (Wildman–Crippen MR) is 87.6 cm³/mol. The van der Waals surface area contributed by atoms with E-state index in [1.807, 2.05) is 36.4 Å². The summed E-state index contributed by atoms with van der Waals surface area (Å²) in [5.74, 6) is -0.194. The summed E-state index contributed by atoms with van der Waals surface area (Å²) in [4.78, 5) is 15.9. The number of benzene rings is 2. The van der Waals surface area contributed by atoms with E-state index >= 15 is 0 Å². The van der Waals surface area contributed by atoms with Crippen molar-refractivity contribution in [2.45, 2.75) is 0 Å². The van der Waals surface area contributed by atoms with E-state index in [1.165, 1.54) is 19.2 Å². The van der Waals surface area contributed by atoms with Crippen LogP contribution in [0.25, 0.3) is 22.0 Å². The molecule has 0 atom stereocenters. The Morgan fingerprint density at radius 1 is 1.17 bits per heavy atom. The lowest BCUT2D eigenvalue weighted by atomic mass is 10.1. The molecule has 0 amide bonds. The molecule has 1 heterocycles. The van der Waals surface area contributed by atoms with Crippen molar-refractivity contribution >= 4 is 22.6 Å². The summed E-state index contributed by atoms with van der Waals surface area (Å²) in [6.07, 6.45) is 0. The van der Waals surface area contributed by atoms with Gasteiger partial charge in [0, 0.05) is 10.9 Å². The van der Waals surface area contributed by atoms with Crippen LogP contribution in [-0.4, -0.2) is 24.6 Å². The molecular formula is C18H15FN2O2. The number of rotatable bonds is 4. The molecule has 0 radical (unpaired) electrons. The lowest BCUT2D eigenvalue weighted by Crippen LogP contribution is -2.16. The van der Waals surface area contributed by atoms with E-state index in [9.17, 15) is 9.18 Å². The number of carbonyl (C=O) groups excluding carboxylic acids is 1. The topological polar surface area (TPSA) is 51.2 Å². The molecule has 3 rings (SSSR count). The van der Waals surface area contributed by atoms with E-state index in [-0.39, 0.29) is 12.4 Å². The highest BCUT2D eigenvalue weighted by molar-refractivity contribution is 5.95. The van der Waals surface area contributed by atoms with Gasteiger partial charge in [0.05, 0.1) is 12.8 Å². The maximum atomic E-state index is 13.6. The third-order valence-electron chi connectivity index (χ3n) is 3.49. The van der Waals surface area contributed by atoms with Gasteiger partial charge in [0.1, 0.15) is 18.2 Å². The number of hydrogen-bond acceptors (Lipinski definition) is 4. The van der Waals surface area contributed by atoms with Crippen molar-refractivity contribution in [2.75, 3.05) is 19.0 Å². The van der Waals surface area contributed by atoms with Crippen LogP contribution in [0.5, 0.6) is 0 Å². The van der Waals surface area contributed by atoms with Crippen molar-refractivity contribution in [1.82, 2.24) is 4.98 Å². The Labute approximate surface area is 132 Å². The molecule has 23 heavy (non-hydrogen) atoms. The largest absolute Gasteiger partial charge is 0.468 e. The zero-order valence-corrected chi connectivity index (χ0v) is 12.5. The smallest absolute Gasteiger partial charge is 0.325 e. The lowest BCUT2D eigenvalue weighted by Gasteiger charge is -2.11. The fourth-order valence-electron chi connectivity index (χ4n) is 2.35. The molecule has 0 saturated heterocycles. The summed E-state index contributed by atoms with van der Waals surface area (Å²) in [5, 5.41) is 4.42. The first-order chi connectivity index (χ1) is 11.2. The quantitative estimate of drug-likeness (QED) is 0.748. The van der Waals surface area contributed by atoms with E-state index in [4.69, 9.17) is 0 Å². The minimum Gasteiger partial charge on any atom is -0.468 e. The Bertz CT molecular complexity index is 850. The Morgan fingerprint density at radius 3 is 2.70 bits per heavy atom. The number of anilines is 1. The van der Waals surface area contributed by atoms with E-state index in [0.717, 1.165) is 10.9 Å². The molecule has 2 aromatic carbocycles. The van der Waals surface area contributed by atoms with Crippen molar-refractivity contribution in [3.8, 4) is 11.3 Å². The first-order valence-electron chi connectivity index (χ1n) is 7.14. The second kappa shape index (κ2) is 6.44. The number of ether oxygens (including phenoxy) is 1. The molecule has 1 aromatic heterocycles. The highest BCUT2D eigenvalue weighted by Crippen LogP contribution is 2.28. The van der Waals surface area contributed by atoms with Gasteiger partial charge >= 0.3 is 5.97 Å². The van der Waals surface area contributed by atoms with E-state index < -0.39 is 5.97 Å². The molecule has 0 fully saturated rings. The number of aromatic nitrogens is 1. The van der Waals surface area contributed by atoms with Crippen LogP contribution in [-0.2, 0) is 9.53 Å². The summed E-state index contributed by atoms with van der Waals surface area (Å²) in [6.45, 7) is -0.00573. The van der Waals surface area contributed by atoms with E-state index in [2.05, 4.69) is 15.0 Å². The molecule has 0 aliphatic carbocycles. The monoisotopic (exact) mass is 310 g/mol. The molecule has 3 aromatic rings. The number of nitrogens with one attached hydrogen (secondary N) is 1. The molecule has 0 aliphatic heterocycles. The lowest BCUT2D eigenvalue weighted by molar-refractivity contribution is -0.138. The standard InChI is InChI=1S/C18H15FN2O2/c1-23-17(22)11-20-18-15-8-7-14(19)9-13(15)10-16(21-18)12-5-3-2-4-6-12/h2-10H,11H2,1H3,(H,20,21). The number of esters is 1. The van der Waals surface area contributed by atoms with Crippen LogP contribution in [0.4, 0.5) is 10.2 Å². The van der Waals surface area contributed by atoms with Gasteiger partial charge in [-0.15, -0.1) is 0 Å². The van der Waals surface area contributed by atoms with E-state index in [1.54, 1.807) is 6.07 Å². The Balaban J connectivity index is 2.10. The van der Waals surface area contributed by atoms with Crippen LogP contribution in [0.3, 0.4) is 0 Å². The molecular weight excluding hydrogens is 295 g/mol. The SMILES string of the molecule is COC(=O)CNc1nc(-c2ccccc2)cc2cc(F)ccc12. The number of halogens is 1. The van der Waals surface area contributed by atoms with Gasteiger partial charge in [-0.25, -0.2) is 9.37 Å². The number of hydrogen-bond donors (Lipinski definition) is 1. The summed E-state index contributed by atoms with van der Waals surface area (Å²) >= 11 is 0. The van der Waals surface area contributed by atoms with Gasteiger partial charge in [0.2, 0.25) is 0 Å². The van der Waals surface area contributed by atoms with Gasteiger partial charge in [0.25, 0.3) is 0 Å². The summed E-state index contributed by atoms with van der Waals surface area (Å²) < 4.78 is 18.2. The highest BCUT2D eigenvalue weighted by atomic mass is 19.1. The van der Waals surface area contributed by atoms with Crippen molar-refractivity contribution in [2.24, 2.45) is 0 Å². The van der Waals surface area contributed by atoms with Gasteiger partial charge in [-0.3, -0.25) is 4.79 Å². The summed E-state index contributed by atoms with van der Waals surface area (Å²) in [5.41, 5.74) is 1.62. The van der Waals surface area contributed by atoms with Gasteiger partial charge < -0.3 is 10.1 Å².